The molecular formula is C11H11BrF3NO2S2. The quantitative estimate of drug-likeness (QED) is 0.775. The summed E-state index contributed by atoms with van der Waals surface area (Å²) < 4.78 is 62.9. The van der Waals surface area contributed by atoms with E-state index in [9.17, 15) is 21.6 Å². The Morgan fingerprint density at radius 2 is 1.85 bits per heavy atom. The van der Waals surface area contributed by atoms with Gasteiger partial charge in [0, 0.05) is 0 Å². The first-order chi connectivity index (χ1) is 9.23. The van der Waals surface area contributed by atoms with Crippen molar-refractivity contribution in [3.05, 3.63) is 22.3 Å². The predicted molar refractivity (Wildman–Crippen MR) is 74.5 cm³/mol. The van der Waals surface area contributed by atoms with Gasteiger partial charge in [0.05, 0.1) is 9.72 Å². The van der Waals surface area contributed by atoms with E-state index in [1.165, 1.54) is 0 Å². The number of alkyl halides is 3. The molecule has 1 aliphatic rings. The summed E-state index contributed by atoms with van der Waals surface area (Å²) in [5.74, 6) is 1.39. The minimum absolute atomic E-state index is 0.0729. The van der Waals surface area contributed by atoms with Crippen LogP contribution in [0.1, 0.15) is 18.5 Å². The van der Waals surface area contributed by atoms with Crippen LogP contribution in [0.2, 0.25) is 0 Å². The molecule has 20 heavy (non-hydrogen) atoms. The van der Waals surface area contributed by atoms with E-state index in [0.717, 1.165) is 12.1 Å². The number of sulfone groups is 1. The van der Waals surface area contributed by atoms with Gasteiger partial charge >= 0.3 is 6.18 Å². The van der Waals surface area contributed by atoms with Crippen molar-refractivity contribution in [2.45, 2.75) is 29.3 Å². The number of pyridine rings is 1. The highest BCUT2D eigenvalue weighted by Gasteiger charge is 2.37. The molecule has 0 saturated carbocycles. The number of hydrogen-bond donors (Lipinski definition) is 0. The molecule has 1 aromatic heterocycles. The van der Waals surface area contributed by atoms with Crippen molar-refractivity contribution < 1.29 is 21.6 Å². The molecule has 2 rings (SSSR count). The van der Waals surface area contributed by atoms with Gasteiger partial charge in [-0.25, -0.2) is 13.4 Å². The highest BCUT2D eigenvalue weighted by Crippen LogP contribution is 2.34. The first kappa shape index (κ1) is 16.1. The lowest BCUT2D eigenvalue weighted by Gasteiger charge is -2.22. The molecule has 0 atom stereocenters. The van der Waals surface area contributed by atoms with E-state index in [1.807, 2.05) is 0 Å². The van der Waals surface area contributed by atoms with E-state index >= 15 is 0 Å². The second kappa shape index (κ2) is 5.84. The lowest BCUT2D eigenvalue weighted by Crippen LogP contribution is -2.27. The molecule has 2 heterocycles. The van der Waals surface area contributed by atoms with E-state index in [2.05, 4.69) is 20.9 Å². The minimum Gasteiger partial charge on any atom is -0.231 e. The standard InChI is InChI=1S/C11H11BrF3NO2S2/c12-8-1-2-9(11(13,14)15)16-10(8)20(17,18)7-3-5-19-6-4-7/h1-2,7H,3-6H2. The molecule has 1 saturated heterocycles. The van der Waals surface area contributed by atoms with Gasteiger partial charge in [0.25, 0.3) is 0 Å². The third kappa shape index (κ3) is 3.30. The fraction of sp³-hybridized carbons (Fsp3) is 0.545. The van der Waals surface area contributed by atoms with Crippen LogP contribution in [0, 0.1) is 0 Å². The molecule has 3 nitrogen and oxygen atoms in total. The maximum atomic E-state index is 12.7. The number of halogens is 4. The lowest BCUT2D eigenvalue weighted by molar-refractivity contribution is -0.141. The van der Waals surface area contributed by atoms with Crippen LogP contribution in [0.4, 0.5) is 13.2 Å². The molecule has 0 aliphatic carbocycles. The van der Waals surface area contributed by atoms with Crippen LogP contribution in [0.15, 0.2) is 21.6 Å². The van der Waals surface area contributed by atoms with Crippen LogP contribution in [0.25, 0.3) is 0 Å². The summed E-state index contributed by atoms with van der Waals surface area (Å²) in [5.41, 5.74) is -1.19. The smallest absolute Gasteiger partial charge is 0.231 e. The molecule has 0 bridgehead atoms. The summed E-state index contributed by atoms with van der Waals surface area (Å²) in [4.78, 5) is 3.32. The maximum Gasteiger partial charge on any atom is 0.433 e. The summed E-state index contributed by atoms with van der Waals surface area (Å²) in [6.07, 6.45) is -3.78. The Kier molecular flexibility index (Phi) is 4.70. The summed E-state index contributed by atoms with van der Waals surface area (Å²) in [6, 6.07) is 1.85. The van der Waals surface area contributed by atoms with Gasteiger partial charge < -0.3 is 0 Å². The number of aromatic nitrogens is 1. The van der Waals surface area contributed by atoms with Crippen molar-refractivity contribution in [2.24, 2.45) is 0 Å². The molecular weight excluding hydrogens is 379 g/mol. The Balaban J connectivity index is 2.45. The van der Waals surface area contributed by atoms with E-state index in [1.54, 1.807) is 11.8 Å². The topological polar surface area (TPSA) is 47.0 Å². The van der Waals surface area contributed by atoms with Crippen LogP contribution in [0.3, 0.4) is 0 Å². The zero-order chi connectivity index (χ0) is 15.0. The van der Waals surface area contributed by atoms with Gasteiger partial charge in [0.1, 0.15) is 5.69 Å². The van der Waals surface area contributed by atoms with Crippen molar-refractivity contribution in [1.82, 2.24) is 4.98 Å². The zero-order valence-electron chi connectivity index (χ0n) is 10.2. The van der Waals surface area contributed by atoms with Crippen LogP contribution < -0.4 is 0 Å². The minimum atomic E-state index is -4.66. The SMILES string of the molecule is O=S(=O)(c1nc(C(F)(F)F)ccc1Br)C1CCSCC1. The molecule has 0 radical (unpaired) electrons. The average molecular weight is 390 g/mol. The number of rotatable bonds is 2. The molecule has 112 valence electrons. The molecule has 0 spiro atoms. The number of thioether (sulfide) groups is 1. The lowest BCUT2D eigenvalue weighted by atomic mass is 10.2. The average Bonchev–Trinajstić information content (AvgIpc) is 2.38. The Morgan fingerprint density at radius 1 is 1.25 bits per heavy atom. The zero-order valence-corrected chi connectivity index (χ0v) is 13.4. The van der Waals surface area contributed by atoms with Crippen molar-refractivity contribution in [2.75, 3.05) is 11.5 Å². The van der Waals surface area contributed by atoms with Gasteiger partial charge in [-0.3, -0.25) is 0 Å². The van der Waals surface area contributed by atoms with Crippen LogP contribution >= 0.6 is 27.7 Å². The molecule has 1 aromatic rings. The Hall–Kier alpha value is -0.280. The third-order valence-electron chi connectivity index (χ3n) is 2.98. The molecule has 1 aliphatic heterocycles. The van der Waals surface area contributed by atoms with Crippen molar-refractivity contribution in [1.29, 1.82) is 0 Å². The van der Waals surface area contributed by atoms with E-state index < -0.39 is 32.0 Å². The summed E-state index contributed by atoms with van der Waals surface area (Å²) >= 11 is 4.63. The van der Waals surface area contributed by atoms with Gasteiger partial charge in [-0.1, -0.05) is 0 Å². The first-order valence-electron chi connectivity index (χ1n) is 5.78. The Morgan fingerprint density at radius 3 is 2.40 bits per heavy atom. The molecule has 0 unspecified atom stereocenters. The van der Waals surface area contributed by atoms with Crippen molar-refractivity contribution >= 4 is 37.5 Å². The molecule has 0 aromatic carbocycles. The van der Waals surface area contributed by atoms with Gasteiger partial charge in [-0.15, -0.1) is 0 Å². The second-order valence-corrected chi connectivity index (χ2v) is 8.56. The van der Waals surface area contributed by atoms with Gasteiger partial charge in [-0.2, -0.15) is 24.9 Å². The third-order valence-corrected chi connectivity index (χ3v) is 7.13. The highest BCUT2D eigenvalue weighted by molar-refractivity contribution is 9.10. The maximum absolute atomic E-state index is 12.7. The Labute approximate surface area is 127 Å². The van der Waals surface area contributed by atoms with Gasteiger partial charge in [0.15, 0.2) is 14.9 Å². The fourth-order valence-corrected chi connectivity index (χ4v) is 5.97. The Bertz CT molecular complexity index is 598. The van der Waals surface area contributed by atoms with Gasteiger partial charge in [0.2, 0.25) is 0 Å². The van der Waals surface area contributed by atoms with E-state index in [-0.39, 0.29) is 4.47 Å². The number of hydrogen-bond acceptors (Lipinski definition) is 4. The van der Waals surface area contributed by atoms with Crippen LogP contribution in [-0.2, 0) is 16.0 Å². The molecule has 0 amide bonds. The molecule has 1 fully saturated rings. The summed E-state index contributed by atoms with van der Waals surface area (Å²) in [6.45, 7) is 0. The number of nitrogens with zero attached hydrogens (tertiary/aromatic N) is 1. The highest BCUT2D eigenvalue weighted by atomic mass is 79.9. The fourth-order valence-electron chi connectivity index (χ4n) is 1.92. The molecule has 9 heteroatoms. The van der Waals surface area contributed by atoms with E-state index in [0.29, 0.717) is 24.3 Å². The summed E-state index contributed by atoms with van der Waals surface area (Å²) in [7, 11) is -3.85. The molecule has 0 N–H and O–H groups in total. The van der Waals surface area contributed by atoms with Crippen LogP contribution in [0.5, 0.6) is 0 Å². The van der Waals surface area contributed by atoms with Crippen molar-refractivity contribution in [3.8, 4) is 0 Å². The normalized spacial score (nSPS) is 18.2. The van der Waals surface area contributed by atoms with Crippen LogP contribution in [-0.4, -0.2) is 30.2 Å². The predicted octanol–water partition coefficient (Wildman–Crippen LogP) is 3.53. The summed E-state index contributed by atoms with van der Waals surface area (Å²) in [5, 5.41) is -1.17. The first-order valence-corrected chi connectivity index (χ1v) is 9.27. The monoisotopic (exact) mass is 389 g/mol. The van der Waals surface area contributed by atoms with Crippen molar-refractivity contribution in [3.63, 3.8) is 0 Å². The second-order valence-electron chi connectivity index (χ2n) is 4.34. The van der Waals surface area contributed by atoms with Gasteiger partial charge in [-0.05, 0) is 52.4 Å². The van der Waals surface area contributed by atoms with E-state index in [4.69, 9.17) is 0 Å². The largest absolute Gasteiger partial charge is 0.433 e.